The number of nitrogens with zero attached hydrogens (tertiary/aromatic N) is 2. The number of allylic oxidation sites excluding steroid dienone is 1. The molecule has 0 aliphatic heterocycles. The van der Waals surface area contributed by atoms with Crippen molar-refractivity contribution < 1.29 is 0 Å². The van der Waals surface area contributed by atoms with Crippen LogP contribution in [0.3, 0.4) is 0 Å². The van der Waals surface area contributed by atoms with Gasteiger partial charge in [-0.15, -0.1) is 6.58 Å². The Morgan fingerprint density at radius 1 is 1.69 bits per heavy atom. The van der Waals surface area contributed by atoms with E-state index in [1.807, 2.05) is 10.8 Å². The van der Waals surface area contributed by atoms with Crippen LogP contribution in [0.1, 0.15) is 38.4 Å². The van der Waals surface area contributed by atoms with Crippen molar-refractivity contribution >= 4 is 0 Å². The van der Waals surface area contributed by atoms with E-state index in [4.69, 9.17) is 0 Å². The monoisotopic (exact) mass is 178 g/mol. The van der Waals surface area contributed by atoms with Gasteiger partial charge in [0.1, 0.15) is 0 Å². The molecule has 1 aromatic heterocycles. The van der Waals surface area contributed by atoms with Crippen LogP contribution in [-0.2, 0) is 6.42 Å². The highest BCUT2D eigenvalue weighted by atomic mass is 15.3. The van der Waals surface area contributed by atoms with Gasteiger partial charge >= 0.3 is 0 Å². The second-order valence-corrected chi connectivity index (χ2v) is 3.37. The lowest BCUT2D eigenvalue weighted by Gasteiger charge is -2.07. The van der Waals surface area contributed by atoms with E-state index in [2.05, 4.69) is 37.8 Å². The predicted molar refractivity (Wildman–Crippen MR) is 55.7 cm³/mol. The van der Waals surface area contributed by atoms with Crippen molar-refractivity contribution in [2.45, 2.75) is 39.2 Å². The highest BCUT2D eigenvalue weighted by Gasteiger charge is 2.03. The first-order valence-corrected chi connectivity index (χ1v) is 4.92. The van der Waals surface area contributed by atoms with Crippen molar-refractivity contribution in [3.63, 3.8) is 0 Å². The number of hydrogen-bond acceptors (Lipinski definition) is 1. The molecule has 13 heavy (non-hydrogen) atoms. The lowest BCUT2D eigenvalue weighted by atomic mass is 10.2. The van der Waals surface area contributed by atoms with Crippen molar-refractivity contribution in [2.75, 3.05) is 0 Å². The van der Waals surface area contributed by atoms with Crippen LogP contribution in [0.25, 0.3) is 0 Å². The summed E-state index contributed by atoms with van der Waals surface area (Å²) in [7, 11) is 0. The molecule has 0 saturated carbocycles. The zero-order valence-corrected chi connectivity index (χ0v) is 8.53. The summed E-state index contributed by atoms with van der Waals surface area (Å²) in [6.45, 7) is 8.06. The molecule has 1 unspecified atom stereocenters. The van der Waals surface area contributed by atoms with E-state index in [9.17, 15) is 0 Å². The summed E-state index contributed by atoms with van der Waals surface area (Å²) < 4.78 is 2.04. The summed E-state index contributed by atoms with van der Waals surface area (Å²) >= 11 is 0. The van der Waals surface area contributed by atoms with Crippen LogP contribution in [0.5, 0.6) is 0 Å². The molecule has 1 atom stereocenters. The summed E-state index contributed by atoms with van der Waals surface area (Å²) in [4.78, 5) is 0. The van der Waals surface area contributed by atoms with Crippen LogP contribution in [0.2, 0.25) is 0 Å². The zero-order chi connectivity index (χ0) is 9.68. The molecule has 72 valence electrons. The normalized spacial score (nSPS) is 12.8. The smallest absolute Gasteiger partial charge is 0.0627 e. The van der Waals surface area contributed by atoms with Crippen molar-refractivity contribution in [3.05, 3.63) is 30.6 Å². The Balaban J connectivity index is 2.57. The molecule has 0 aliphatic rings. The van der Waals surface area contributed by atoms with Gasteiger partial charge < -0.3 is 0 Å². The highest BCUT2D eigenvalue weighted by molar-refractivity contribution is 5.00. The first-order valence-electron chi connectivity index (χ1n) is 4.92. The molecule has 0 aromatic carbocycles. The van der Waals surface area contributed by atoms with E-state index < -0.39 is 0 Å². The van der Waals surface area contributed by atoms with Gasteiger partial charge in [0, 0.05) is 12.2 Å². The first-order chi connectivity index (χ1) is 6.27. The third-order valence-electron chi connectivity index (χ3n) is 2.31. The summed E-state index contributed by atoms with van der Waals surface area (Å²) in [5, 5.41) is 4.49. The standard InChI is InChI=1S/C11H18N2/c1-4-6-7-11-8-9-13(12-11)10(3)5-2/h4,8-10H,1,5-7H2,2-3H3. The van der Waals surface area contributed by atoms with Crippen LogP contribution in [0.15, 0.2) is 24.9 Å². The van der Waals surface area contributed by atoms with E-state index in [1.54, 1.807) is 0 Å². The summed E-state index contributed by atoms with van der Waals surface area (Å²) in [5.74, 6) is 0. The lowest BCUT2D eigenvalue weighted by molar-refractivity contribution is 0.473. The van der Waals surface area contributed by atoms with Gasteiger partial charge in [-0.1, -0.05) is 13.0 Å². The maximum atomic E-state index is 4.49. The van der Waals surface area contributed by atoms with Gasteiger partial charge in [0.2, 0.25) is 0 Å². The molecule has 0 fully saturated rings. The third-order valence-corrected chi connectivity index (χ3v) is 2.31. The number of aryl methyl sites for hydroxylation is 1. The van der Waals surface area contributed by atoms with Crippen LogP contribution < -0.4 is 0 Å². The van der Waals surface area contributed by atoms with E-state index in [1.165, 1.54) is 5.69 Å². The lowest BCUT2D eigenvalue weighted by Crippen LogP contribution is -2.04. The SMILES string of the molecule is C=CCCc1ccn(C(C)CC)n1. The van der Waals surface area contributed by atoms with Crippen LogP contribution in [0, 0.1) is 0 Å². The Hall–Kier alpha value is -1.05. The first kappa shape index (κ1) is 10.0. The van der Waals surface area contributed by atoms with E-state index in [0.717, 1.165) is 19.3 Å². The maximum absolute atomic E-state index is 4.49. The topological polar surface area (TPSA) is 17.8 Å². The summed E-state index contributed by atoms with van der Waals surface area (Å²) in [6.07, 6.45) is 7.14. The van der Waals surface area contributed by atoms with Crippen LogP contribution in [-0.4, -0.2) is 9.78 Å². The second-order valence-electron chi connectivity index (χ2n) is 3.37. The van der Waals surface area contributed by atoms with Crippen LogP contribution >= 0.6 is 0 Å². The van der Waals surface area contributed by atoms with Gasteiger partial charge in [-0.2, -0.15) is 5.10 Å². The van der Waals surface area contributed by atoms with Gasteiger partial charge in [0.25, 0.3) is 0 Å². The van der Waals surface area contributed by atoms with Crippen molar-refractivity contribution in [2.24, 2.45) is 0 Å². The molecule has 1 heterocycles. The molecule has 0 aliphatic carbocycles. The maximum Gasteiger partial charge on any atom is 0.0627 e. The van der Waals surface area contributed by atoms with Crippen molar-refractivity contribution in [1.82, 2.24) is 9.78 Å². The molecule has 0 saturated heterocycles. The molecular formula is C11H18N2. The molecule has 0 spiro atoms. The quantitative estimate of drug-likeness (QED) is 0.634. The van der Waals surface area contributed by atoms with Crippen LogP contribution in [0.4, 0.5) is 0 Å². The largest absolute Gasteiger partial charge is 0.270 e. The van der Waals surface area contributed by atoms with Crippen molar-refractivity contribution in [1.29, 1.82) is 0 Å². The van der Waals surface area contributed by atoms with E-state index in [-0.39, 0.29) is 0 Å². The average Bonchev–Trinajstić information content (AvgIpc) is 2.62. The molecule has 0 bridgehead atoms. The van der Waals surface area contributed by atoms with Gasteiger partial charge in [-0.3, -0.25) is 4.68 Å². The Bertz CT molecular complexity index is 263. The number of hydrogen-bond donors (Lipinski definition) is 0. The number of rotatable bonds is 5. The Morgan fingerprint density at radius 3 is 3.08 bits per heavy atom. The fourth-order valence-electron chi connectivity index (χ4n) is 1.19. The Kier molecular flexibility index (Phi) is 3.74. The third kappa shape index (κ3) is 2.72. The van der Waals surface area contributed by atoms with Gasteiger partial charge in [0.15, 0.2) is 0 Å². The number of aromatic nitrogens is 2. The molecule has 0 radical (unpaired) electrons. The van der Waals surface area contributed by atoms with Gasteiger partial charge in [-0.05, 0) is 32.3 Å². The average molecular weight is 178 g/mol. The molecule has 2 nitrogen and oxygen atoms in total. The minimum Gasteiger partial charge on any atom is -0.270 e. The fourth-order valence-corrected chi connectivity index (χ4v) is 1.19. The predicted octanol–water partition coefficient (Wildman–Crippen LogP) is 2.97. The molecule has 0 N–H and O–H groups in total. The molecule has 1 aromatic rings. The van der Waals surface area contributed by atoms with Gasteiger partial charge in [0.05, 0.1) is 5.69 Å². The minimum absolute atomic E-state index is 0.512. The molecule has 2 heteroatoms. The second kappa shape index (κ2) is 4.85. The molecule has 1 rings (SSSR count). The molecule has 0 amide bonds. The minimum atomic E-state index is 0.512. The zero-order valence-electron chi connectivity index (χ0n) is 8.53. The Labute approximate surface area is 80.3 Å². The van der Waals surface area contributed by atoms with E-state index >= 15 is 0 Å². The molecular weight excluding hydrogens is 160 g/mol. The van der Waals surface area contributed by atoms with E-state index in [0.29, 0.717) is 6.04 Å². The fraction of sp³-hybridized carbons (Fsp3) is 0.545. The summed E-state index contributed by atoms with van der Waals surface area (Å²) in [6, 6.07) is 2.60. The summed E-state index contributed by atoms with van der Waals surface area (Å²) in [5.41, 5.74) is 1.17. The van der Waals surface area contributed by atoms with Crippen molar-refractivity contribution in [3.8, 4) is 0 Å². The Morgan fingerprint density at radius 2 is 2.46 bits per heavy atom. The highest BCUT2D eigenvalue weighted by Crippen LogP contribution is 2.09. The van der Waals surface area contributed by atoms with Gasteiger partial charge in [-0.25, -0.2) is 0 Å².